The Hall–Kier alpha value is -1.85. The van der Waals surface area contributed by atoms with Crippen molar-refractivity contribution < 1.29 is 0 Å². The van der Waals surface area contributed by atoms with Crippen molar-refractivity contribution >= 4 is 33.3 Å². The first-order valence-corrected chi connectivity index (χ1v) is 12.4. The van der Waals surface area contributed by atoms with Crippen LogP contribution >= 0.6 is 23.1 Å². The highest BCUT2D eigenvalue weighted by molar-refractivity contribution is 7.99. The van der Waals surface area contributed by atoms with Crippen LogP contribution in [0, 0.1) is 18.3 Å². The second-order valence-corrected chi connectivity index (χ2v) is 11.6. The van der Waals surface area contributed by atoms with E-state index in [1.165, 1.54) is 16.0 Å². The molecule has 3 aromatic rings. The monoisotopic (exact) mass is 438 g/mol. The number of rotatable bonds is 4. The number of aryl methyl sites for hydroxylation is 2. The van der Waals surface area contributed by atoms with Crippen LogP contribution in [-0.2, 0) is 12.8 Å². The Morgan fingerprint density at radius 2 is 2.00 bits per heavy atom. The molecule has 1 aliphatic carbocycles. The number of thiophene rings is 1. The highest BCUT2D eigenvalue weighted by Gasteiger charge is 2.32. The van der Waals surface area contributed by atoms with Gasteiger partial charge in [0.1, 0.15) is 4.83 Å². The fourth-order valence-electron chi connectivity index (χ4n) is 4.15. The van der Waals surface area contributed by atoms with Gasteiger partial charge in [0.15, 0.2) is 5.16 Å². The van der Waals surface area contributed by atoms with E-state index in [2.05, 4.69) is 46.4 Å². The van der Waals surface area contributed by atoms with E-state index in [9.17, 15) is 4.79 Å². The Kier molecular flexibility index (Phi) is 5.71. The van der Waals surface area contributed by atoms with Gasteiger partial charge in [0, 0.05) is 10.6 Å². The van der Waals surface area contributed by atoms with Crippen LogP contribution in [0.1, 0.15) is 50.1 Å². The van der Waals surface area contributed by atoms with E-state index in [-0.39, 0.29) is 11.0 Å². The largest absolute Gasteiger partial charge is 0.268 e. The molecular weight excluding hydrogens is 408 g/mol. The Morgan fingerprint density at radius 1 is 1.30 bits per heavy atom. The second kappa shape index (κ2) is 8.01. The van der Waals surface area contributed by atoms with Gasteiger partial charge in [-0.2, -0.15) is 0 Å². The maximum Gasteiger partial charge on any atom is 0.267 e. The van der Waals surface area contributed by atoms with Gasteiger partial charge >= 0.3 is 0 Å². The standard InChI is InChI=1S/C25H30N2OS2/c1-15(2)14-29-24-26-22-21(23(28)27(24)18-10-7-16(3)8-11-18)19-12-9-17(25(4,5)6)13-20(19)30-22/h7-8,10-11,17H,1,9,12-14H2,2-6H3. The molecule has 3 nitrogen and oxygen atoms in total. The van der Waals surface area contributed by atoms with E-state index >= 15 is 0 Å². The maximum atomic E-state index is 13.8. The fraction of sp³-hybridized carbons (Fsp3) is 0.440. The molecule has 2 heterocycles. The molecule has 1 aliphatic rings. The summed E-state index contributed by atoms with van der Waals surface area (Å²) in [5, 5.41) is 1.59. The molecule has 5 heteroatoms. The number of fused-ring (bicyclic) bond motifs is 3. The molecule has 0 saturated heterocycles. The van der Waals surface area contributed by atoms with Crippen molar-refractivity contribution in [1.29, 1.82) is 0 Å². The van der Waals surface area contributed by atoms with Crippen molar-refractivity contribution in [1.82, 2.24) is 9.55 Å². The highest BCUT2D eigenvalue weighted by atomic mass is 32.2. The van der Waals surface area contributed by atoms with Gasteiger partial charge in [-0.05, 0) is 62.1 Å². The molecule has 0 radical (unpaired) electrons. The average Bonchev–Trinajstić information content (AvgIpc) is 3.04. The van der Waals surface area contributed by atoms with Gasteiger partial charge in [-0.15, -0.1) is 11.3 Å². The molecule has 2 aromatic heterocycles. The summed E-state index contributed by atoms with van der Waals surface area (Å²) in [6.45, 7) is 15.1. The number of hydrogen-bond donors (Lipinski definition) is 0. The molecule has 1 atom stereocenters. The number of aromatic nitrogens is 2. The van der Waals surface area contributed by atoms with Crippen molar-refractivity contribution in [3.8, 4) is 5.69 Å². The molecule has 0 spiro atoms. The molecular formula is C25H30N2OS2. The Bertz CT molecular complexity index is 1160. The minimum Gasteiger partial charge on any atom is -0.268 e. The third-order valence-electron chi connectivity index (χ3n) is 6.02. The zero-order valence-corrected chi connectivity index (χ0v) is 20.2. The van der Waals surface area contributed by atoms with Gasteiger partial charge in [0.05, 0.1) is 11.1 Å². The van der Waals surface area contributed by atoms with Crippen LogP contribution in [-0.4, -0.2) is 15.3 Å². The third-order valence-corrected chi connectivity index (χ3v) is 8.33. The Labute approximate surface area is 187 Å². The maximum absolute atomic E-state index is 13.8. The van der Waals surface area contributed by atoms with Crippen LogP contribution in [0.3, 0.4) is 0 Å². The summed E-state index contributed by atoms with van der Waals surface area (Å²) < 4.78 is 1.80. The zero-order chi connectivity index (χ0) is 21.6. The van der Waals surface area contributed by atoms with Crippen LogP contribution in [0.4, 0.5) is 0 Å². The number of thioether (sulfide) groups is 1. The molecule has 158 valence electrons. The summed E-state index contributed by atoms with van der Waals surface area (Å²) in [7, 11) is 0. The van der Waals surface area contributed by atoms with Crippen LogP contribution in [0.5, 0.6) is 0 Å². The lowest BCUT2D eigenvalue weighted by molar-refractivity contribution is 0.218. The molecule has 0 fully saturated rings. The van der Waals surface area contributed by atoms with Crippen molar-refractivity contribution in [3.05, 3.63) is 62.8 Å². The minimum absolute atomic E-state index is 0.0692. The van der Waals surface area contributed by atoms with Crippen LogP contribution in [0.25, 0.3) is 15.9 Å². The fourth-order valence-corrected chi connectivity index (χ4v) is 6.35. The Morgan fingerprint density at radius 3 is 2.63 bits per heavy atom. The summed E-state index contributed by atoms with van der Waals surface area (Å²) in [6, 6.07) is 8.14. The summed E-state index contributed by atoms with van der Waals surface area (Å²) in [4.78, 5) is 21.0. The molecule has 4 rings (SSSR count). The number of benzene rings is 1. The van der Waals surface area contributed by atoms with Crippen molar-refractivity contribution in [2.75, 3.05) is 5.75 Å². The Balaban J connectivity index is 1.90. The van der Waals surface area contributed by atoms with Crippen molar-refractivity contribution in [3.63, 3.8) is 0 Å². The first-order valence-electron chi connectivity index (χ1n) is 10.6. The van der Waals surface area contributed by atoms with Gasteiger partial charge in [-0.25, -0.2) is 4.98 Å². The van der Waals surface area contributed by atoms with Crippen molar-refractivity contribution in [2.45, 2.75) is 59.0 Å². The number of nitrogens with zero attached hydrogens (tertiary/aromatic N) is 2. The SMILES string of the molecule is C=C(C)CSc1nc2sc3c(c2c(=O)n1-c1ccc(C)cc1)CCC(C(C)(C)C)C3. The van der Waals surface area contributed by atoms with Gasteiger partial charge in [-0.3, -0.25) is 9.36 Å². The quantitative estimate of drug-likeness (QED) is 0.262. The van der Waals surface area contributed by atoms with E-state index in [1.54, 1.807) is 27.7 Å². The van der Waals surface area contributed by atoms with Gasteiger partial charge in [0.2, 0.25) is 0 Å². The van der Waals surface area contributed by atoms with E-state index in [0.29, 0.717) is 5.92 Å². The van der Waals surface area contributed by atoms with Crippen LogP contribution in [0.15, 0.2) is 46.4 Å². The lowest BCUT2D eigenvalue weighted by Gasteiger charge is -2.33. The molecule has 0 bridgehead atoms. The first kappa shape index (κ1) is 21.4. The average molecular weight is 439 g/mol. The molecule has 0 saturated carbocycles. The summed E-state index contributed by atoms with van der Waals surface area (Å²) in [6.07, 6.45) is 3.16. The third kappa shape index (κ3) is 4.02. The minimum atomic E-state index is 0.0692. The zero-order valence-electron chi connectivity index (χ0n) is 18.5. The molecule has 1 aromatic carbocycles. The van der Waals surface area contributed by atoms with Crippen LogP contribution < -0.4 is 5.56 Å². The smallest absolute Gasteiger partial charge is 0.267 e. The highest BCUT2D eigenvalue weighted by Crippen LogP contribution is 2.42. The molecule has 1 unspecified atom stereocenters. The normalized spacial score (nSPS) is 16.6. The van der Waals surface area contributed by atoms with Gasteiger partial charge in [0.25, 0.3) is 5.56 Å². The lowest BCUT2D eigenvalue weighted by Crippen LogP contribution is -2.27. The van der Waals surface area contributed by atoms with E-state index in [4.69, 9.17) is 4.98 Å². The van der Waals surface area contributed by atoms with E-state index < -0.39 is 0 Å². The number of hydrogen-bond acceptors (Lipinski definition) is 4. The van der Waals surface area contributed by atoms with E-state index in [0.717, 1.165) is 51.6 Å². The summed E-state index contributed by atoms with van der Waals surface area (Å²) >= 11 is 3.32. The van der Waals surface area contributed by atoms with Crippen molar-refractivity contribution in [2.24, 2.45) is 11.3 Å². The molecule has 0 N–H and O–H groups in total. The van der Waals surface area contributed by atoms with Gasteiger partial charge < -0.3 is 0 Å². The van der Waals surface area contributed by atoms with E-state index in [1.807, 2.05) is 19.1 Å². The van der Waals surface area contributed by atoms with Crippen LogP contribution in [0.2, 0.25) is 0 Å². The molecule has 30 heavy (non-hydrogen) atoms. The lowest BCUT2D eigenvalue weighted by atomic mass is 9.72. The second-order valence-electron chi connectivity index (χ2n) is 9.61. The molecule has 0 amide bonds. The topological polar surface area (TPSA) is 34.9 Å². The molecule has 0 aliphatic heterocycles. The first-order chi connectivity index (χ1) is 14.1. The summed E-state index contributed by atoms with van der Waals surface area (Å²) in [5.41, 5.74) is 4.73. The van der Waals surface area contributed by atoms with Gasteiger partial charge in [-0.1, -0.05) is 62.4 Å². The predicted octanol–water partition coefficient (Wildman–Crippen LogP) is 6.57. The predicted molar refractivity (Wildman–Crippen MR) is 130 cm³/mol. The summed E-state index contributed by atoms with van der Waals surface area (Å²) in [5.74, 6) is 1.40.